The predicted octanol–water partition coefficient (Wildman–Crippen LogP) is 3.77. The molecule has 1 heterocycles. The average Bonchev–Trinajstić information content (AvgIpc) is 2.86. The molecule has 0 unspecified atom stereocenters. The highest BCUT2D eigenvalue weighted by Crippen LogP contribution is 2.25. The number of nitrogens with zero attached hydrogens (tertiary/aromatic N) is 1. The third-order valence-electron chi connectivity index (χ3n) is 2.50. The molecule has 20 heavy (non-hydrogen) atoms. The van der Waals surface area contributed by atoms with Gasteiger partial charge >= 0.3 is 5.97 Å². The van der Waals surface area contributed by atoms with Crippen LogP contribution >= 0.6 is 11.5 Å². The van der Waals surface area contributed by atoms with E-state index in [4.69, 9.17) is 9.47 Å². The van der Waals surface area contributed by atoms with Crippen LogP contribution in [0.25, 0.3) is 11.3 Å². The molecule has 0 aliphatic carbocycles. The summed E-state index contributed by atoms with van der Waals surface area (Å²) in [7, 11) is 1.62. The molecule has 0 aliphatic heterocycles. The summed E-state index contributed by atoms with van der Waals surface area (Å²) >= 11 is 1.15. The Morgan fingerprint density at radius 3 is 2.40 bits per heavy atom. The fourth-order valence-corrected chi connectivity index (χ4v) is 2.23. The Morgan fingerprint density at radius 1 is 1.20 bits per heavy atom. The van der Waals surface area contributed by atoms with E-state index in [2.05, 4.69) is 4.37 Å². The van der Waals surface area contributed by atoms with E-state index in [-0.39, 0.29) is 5.97 Å². The van der Waals surface area contributed by atoms with E-state index in [1.54, 1.807) is 13.2 Å². The summed E-state index contributed by atoms with van der Waals surface area (Å²) in [6.45, 7) is 5.53. The van der Waals surface area contributed by atoms with Crippen molar-refractivity contribution in [2.24, 2.45) is 0 Å². The molecule has 4 nitrogen and oxygen atoms in total. The third kappa shape index (κ3) is 3.57. The maximum Gasteiger partial charge on any atom is 0.350 e. The Hall–Kier alpha value is -1.88. The molecular formula is C15H17NO3S. The zero-order valence-corrected chi connectivity index (χ0v) is 12.8. The van der Waals surface area contributed by atoms with Crippen molar-refractivity contribution in [3.63, 3.8) is 0 Å². The van der Waals surface area contributed by atoms with Crippen LogP contribution in [0.5, 0.6) is 5.75 Å². The largest absolute Gasteiger partial charge is 0.497 e. The zero-order chi connectivity index (χ0) is 14.8. The Balaban J connectivity index is 2.17. The van der Waals surface area contributed by atoms with Crippen molar-refractivity contribution < 1.29 is 14.3 Å². The van der Waals surface area contributed by atoms with Gasteiger partial charge in [-0.3, -0.25) is 0 Å². The molecule has 0 saturated carbocycles. The summed E-state index contributed by atoms with van der Waals surface area (Å²) in [4.78, 5) is 12.4. The van der Waals surface area contributed by atoms with Crippen molar-refractivity contribution in [2.75, 3.05) is 7.11 Å². The first-order chi connectivity index (χ1) is 9.39. The zero-order valence-electron chi connectivity index (χ0n) is 12.0. The van der Waals surface area contributed by atoms with E-state index < -0.39 is 5.60 Å². The third-order valence-corrected chi connectivity index (χ3v) is 3.27. The Bertz CT molecular complexity index is 596. The number of methoxy groups -OCH3 is 1. The topological polar surface area (TPSA) is 48.4 Å². The minimum atomic E-state index is -0.499. The maximum atomic E-state index is 11.9. The van der Waals surface area contributed by atoms with Gasteiger partial charge in [0.1, 0.15) is 16.2 Å². The summed E-state index contributed by atoms with van der Waals surface area (Å²) in [6, 6.07) is 9.30. The molecule has 0 amide bonds. The minimum Gasteiger partial charge on any atom is -0.497 e. The second kappa shape index (κ2) is 5.63. The Labute approximate surface area is 122 Å². The first-order valence-corrected chi connectivity index (χ1v) is 7.01. The van der Waals surface area contributed by atoms with Gasteiger partial charge < -0.3 is 9.47 Å². The molecule has 0 radical (unpaired) electrons. The molecule has 2 rings (SSSR count). The molecule has 2 aromatic rings. The number of ether oxygens (including phenoxy) is 2. The number of carbonyl (C=O) groups is 1. The molecule has 106 valence electrons. The van der Waals surface area contributed by atoms with Crippen LogP contribution in [-0.2, 0) is 4.74 Å². The van der Waals surface area contributed by atoms with Gasteiger partial charge in [0.25, 0.3) is 0 Å². The van der Waals surface area contributed by atoms with Gasteiger partial charge in [-0.25, -0.2) is 4.79 Å². The molecule has 0 bridgehead atoms. The fraction of sp³-hybridized carbons (Fsp3) is 0.333. The number of hydrogen-bond donors (Lipinski definition) is 0. The van der Waals surface area contributed by atoms with Crippen molar-refractivity contribution in [1.82, 2.24) is 4.37 Å². The lowest BCUT2D eigenvalue weighted by molar-refractivity contribution is 0.00752. The van der Waals surface area contributed by atoms with E-state index in [0.29, 0.717) is 4.88 Å². The molecule has 0 fully saturated rings. The summed E-state index contributed by atoms with van der Waals surface area (Å²) in [5.41, 5.74) is 1.21. The van der Waals surface area contributed by atoms with Gasteiger partial charge in [-0.15, -0.1) is 0 Å². The number of esters is 1. The number of benzene rings is 1. The normalized spacial score (nSPS) is 11.2. The van der Waals surface area contributed by atoms with Gasteiger partial charge in [-0.2, -0.15) is 4.37 Å². The SMILES string of the molecule is COc1ccc(-c2cc(C(=O)OC(C)(C)C)sn2)cc1. The van der Waals surface area contributed by atoms with Crippen LogP contribution in [0.2, 0.25) is 0 Å². The number of hydrogen-bond acceptors (Lipinski definition) is 5. The summed E-state index contributed by atoms with van der Waals surface area (Å²) < 4.78 is 14.7. The van der Waals surface area contributed by atoms with Crippen molar-refractivity contribution in [2.45, 2.75) is 26.4 Å². The Kier molecular flexibility index (Phi) is 4.09. The fourth-order valence-electron chi connectivity index (χ4n) is 1.60. The average molecular weight is 291 g/mol. The standard InChI is InChI=1S/C15H17NO3S/c1-15(2,3)19-14(17)13-9-12(16-20-13)10-5-7-11(18-4)8-6-10/h5-9H,1-4H3. The van der Waals surface area contributed by atoms with Gasteiger partial charge in [0.15, 0.2) is 0 Å². The lowest BCUT2D eigenvalue weighted by Gasteiger charge is -2.18. The first-order valence-electron chi connectivity index (χ1n) is 6.23. The highest BCUT2D eigenvalue weighted by Gasteiger charge is 2.20. The summed E-state index contributed by atoms with van der Waals surface area (Å²) in [5, 5.41) is 0. The van der Waals surface area contributed by atoms with E-state index in [0.717, 1.165) is 28.5 Å². The molecule has 0 saturated heterocycles. The lowest BCUT2D eigenvalue weighted by atomic mass is 10.1. The van der Waals surface area contributed by atoms with Crippen LogP contribution in [0.1, 0.15) is 30.4 Å². The highest BCUT2D eigenvalue weighted by atomic mass is 32.1. The molecule has 0 N–H and O–H groups in total. The quantitative estimate of drug-likeness (QED) is 0.808. The predicted molar refractivity (Wildman–Crippen MR) is 79.3 cm³/mol. The smallest absolute Gasteiger partial charge is 0.350 e. The van der Waals surface area contributed by atoms with Crippen molar-refractivity contribution in [3.05, 3.63) is 35.2 Å². The van der Waals surface area contributed by atoms with Gasteiger partial charge in [0.05, 0.1) is 12.8 Å². The van der Waals surface area contributed by atoms with Crippen LogP contribution in [0.4, 0.5) is 0 Å². The minimum absolute atomic E-state index is 0.338. The van der Waals surface area contributed by atoms with Crippen LogP contribution in [0.3, 0.4) is 0 Å². The van der Waals surface area contributed by atoms with Crippen molar-refractivity contribution in [3.8, 4) is 17.0 Å². The van der Waals surface area contributed by atoms with Gasteiger partial charge in [0, 0.05) is 5.56 Å². The first kappa shape index (κ1) is 14.5. The maximum absolute atomic E-state index is 11.9. The molecule has 5 heteroatoms. The van der Waals surface area contributed by atoms with E-state index in [1.165, 1.54) is 0 Å². The monoisotopic (exact) mass is 291 g/mol. The van der Waals surface area contributed by atoms with E-state index >= 15 is 0 Å². The lowest BCUT2D eigenvalue weighted by Crippen LogP contribution is -2.23. The second-order valence-electron chi connectivity index (χ2n) is 5.31. The van der Waals surface area contributed by atoms with Crippen molar-refractivity contribution >= 4 is 17.5 Å². The number of carbonyl (C=O) groups excluding carboxylic acids is 1. The second-order valence-corrected chi connectivity index (χ2v) is 6.11. The van der Waals surface area contributed by atoms with Crippen LogP contribution in [-0.4, -0.2) is 23.1 Å². The van der Waals surface area contributed by atoms with Crippen LogP contribution in [0, 0.1) is 0 Å². The molecule has 0 spiro atoms. The van der Waals surface area contributed by atoms with E-state index in [1.807, 2.05) is 45.0 Å². The molecular weight excluding hydrogens is 274 g/mol. The van der Waals surface area contributed by atoms with Crippen molar-refractivity contribution in [1.29, 1.82) is 0 Å². The van der Waals surface area contributed by atoms with Gasteiger partial charge in [-0.05, 0) is 62.6 Å². The molecule has 1 aromatic heterocycles. The molecule has 0 atom stereocenters. The number of rotatable bonds is 3. The van der Waals surface area contributed by atoms with Crippen LogP contribution in [0.15, 0.2) is 30.3 Å². The number of aromatic nitrogens is 1. The van der Waals surface area contributed by atoms with Gasteiger partial charge in [-0.1, -0.05) is 0 Å². The van der Waals surface area contributed by atoms with Gasteiger partial charge in [0.2, 0.25) is 0 Å². The molecule has 0 aliphatic rings. The summed E-state index contributed by atoms with van der Waals surface area (Å²) in [6.07, 6.45) is 0. The Morgan fingerprint density at radius 2 is 1.85 bits per heavy atom. The highest BCUT2D eigenvalue weighted by molar-refractivity contribution is 7.08. The summed E-state index contributed by atoms with van der Waals surface area (Å²) in [5.74, 6) is 0.450. The molecule has 1 aromatic carbocycles. The van der Waals surface area contributed by atoms with Crippen LogP contribution < -0.4 is 4.74 Å². The van der Waals surface area contributed by atoms with E-state index in [9.17, 15) is 4.79 Å².